The van der Waals surface area contributed by atoms with Crippen LogP contribution in [0.25, 0.3) is 0 Å². The average molecular weight is 278 g/mol. The zero-order valence-corrected chi connectivity index (χ0v) is 13.2. The Labute approximate surface area is 122 Å². The maximum atomic E-state index is 14.1. The summed E-state index contributed by atoms with van der Waals surface area (Å²) < 4.78 is 14.1. The second kappa shape index (κ2) is 6.68. The lowest BCUT2D eigenvalue weighted by Gasteiger charge is -2.35. The second-order valence-electron chi connectivity index (χ2n) is 6.48. The first-order valence-electron chi connectivity index (χ1n) is 7.64. The molecule has 0 unspecified atom stereocenters. The fourth-order valence-corrected chi connectivity index (χ4v) is 2.89. The van der Waals surface area contributed by atoms with Gasteiger partial charge in [-0.1, -0.05) is 26.0 Å². The van der Waals surface area contributed by atoms with Crippen molar-refractivity contribution in [2.24, 2.45) is 0 Å². The van der Waals surface area contributed by atoms with E-state index in [1.807, 2.05) is 6.07 Å². The van der Waals surface area contributed by atoms with Crippen LogP contribution in [0.15, 0.2) is 18.2 Å². The fraction of sp³-hybridized carbons (Fsp3) is 0.647. The Kier molecular flexibility index (Phi) is 5.17. The van der Waals surface area contributed by atoms with Crippen LogP contribution in [0.2, 0.25) is 0 Å². The van der Waals surface area contributed by atoms with E-state index in [0.29, 0.717) is 12.0 Å². The van der Waals surface area contributed by atoms with Crippen LogP contribution in [0.1, 0.15) is 43.7 Å². The number of likely N-dealkylation sites (tertiary alicyclic amines) is 1. The number of hydrogen-bond acceptors (Lipinski definition) is 2. The van der Waals surface area contributed by atoms with Gasteiger partial charge >= 0.3 is 0 Å². The maximum Gasteiger partial charge on any atom is 0.127 e. The normalized spacial score (nSPS) is 18.1. The van der Waals surface area contributed by atoms with E-state index in [-0.39, 0.29) is 5.82 Å². The van der Waals surface area contributed by atoms with Crippen molar-refractivity contribution in [3.63, 3.8) is 0 Å². The Hall–Kier alpha value is -0.930. The standard InChI is InChI=1S/C17H27FN2/c1-13(2)14-5-6-15(17(18)11-14)12-20-9-7-16(8-10-20)19(3)4/h5-6,11,13,16H,7-10,12H2,1-4H3. The molecule has 2 rings (SSSR count). The van der Waals surface area contributed by atoms with Gasteiger partial charge in [-0.3, -0.25) is 4.90 Å². The summed E-state index contributed by atoms with van der Waals surface area (Å²) in [5.41, 5.74) is 1.91. The summed E-state index contributed by atoms with van der Waals surface area (Å²) in [7, 11) is 4.29. The van der Waals surface area contributed by atoms with E-state index in [2.05, 4.69) is 43.8 Å². The Morgan fingerprint density at radius 3 is 2.40 bits per heavy atom. The first-order valence-corrected chi connectivity index (χ1v) is 7.64. The van der Waals surface area contributed by atoms with Gasteiger partial charge in [-0.2, -0.15) is 0 Å². The Bertz CT molecular complexity index is 435. The smallest absolute Gasteiger partial charge is 0.127 e. The molecule has 112 valence electrons. The minimum Gasteiger partial charge on any atom is -0.306 e. The summed E-state index contributed by atoms with van der Waals surface area (Å²) in [6.07, 6.45) is 2.36. The van der Waals surface area contributed by atoms with Crippen LogP contribution in [0, 0.1) is 5.82 Å². The Balaban J connectivity index is 1.94. The molecule has 1 aromatic rings. The second-order valence-corrected chi connectivity index (χ2v) is 6.48. The summed E-state index contributed by atoms with van der Waals surface area (Å²) in [4.78, 5) is 4.67. The van der Waals surface area contributed by atoms with Gasteiger partial charge in [0.15, 0.2) is 0 Å². The third-order valence-corrected chi connectivity index (χ3v) is 4.43. The molecule has 0 aliphatic carbocycles. The first-order chi connectivity index (χ1) is 9.47. The summed E-state index contributed by atoms with van der Waals surface area (Å²) in [6, 6.07) is 6.41. The molecule has 1 heterocycles. The van der Waals surface area contributed by atoms with Gasteiger partial charge in [0.25, 0.3) is 0 Å². The van der Waals surface area contributed by atoms with Gasteiger partial charge in [-0.05, 0) is 57.6 Å². The maximum absolute atomic E-state index is 14.1. The van der Waals surface area contributed by atoms with Crippen LogP contribution in [0.4, 0.5) is 4.39 Å². The van der Waals surface area contributed by atoms with E-state index in [1.54, 1.807) is 6.07 Å². The van der Waals surface area contributed by atoms with E-state index in [9.17, 15) is 4.39 Å². The van der Waals surface area contributed by atoms with Crippen molar-refractivity contribution in [2.75, 3.05) is 27.2 Å². The number of hydrogen-bond donors (Lipinski definition) is 0. The lowest BCUT2D eigenvalue weighted by molar-refractivity contribution is 0.139. The summed E-state index contributed by atoms with van der Waals surface area (Å²) >= 11 is 0. The molecule has 0 saturated carbocycles. The minimum absolute atomic E-state index is 0.0501. The average Bonchev–Trinajstić information content (AvgIpc) is 2.41. The van der Waals surface area contributed by atoms with E-state index >= 15 is 0 Å². The fourth-order valence-electron chi connectivity index (χ4n) is 2.89. The topological polar surface area (TPSA) is 6.48 Å². The summed E-state index contributed by atoms with van der Waals surface area (Å²) in [6.45, 7) is 7.06. The molecule has 1 fully saturated rings. The molecular formula is C17H27FN2. The van der Waals surface area contributed by atoms with Crippen LogP contribution in [0.5, 0.6) is 0 Å². The van der Waals surface area contributed by atoms with Crippen molar-refractivity contribution < 1.29 is 4.39 Å². The molecule has 1 aliphatic heterocycles. The largest absolute Gasteiger partial charge is 0.306 e. The van der Waals surface area contributed by atoms with Gasteiger partial charge in [-0.15, -0.1) is 0 Å². The van der Waals surface area contributed by atoms with Gasteiger partial charge in [0, 0.05) is 18.2 Å². The van der Waals surface area contributed by atoms with Crippen molar-refractivity contribution in [3.8, 4) is 0 Å². The number of halogens is 1. The van der Waals surface area contributed by atoms with Crippen LogP contribution in [0.3, 0.4) is 0 Å². The molecule has 1 aromatic carbocycles. The Morgan fingerprint density at radius 2 is 1.90 bits per heavy atom. The third-order valence-electron chi connectivity index (χ3n) is 4.43. The highest BCUT2D eigenvalue weighted by molar-refractivity contribution is 5.26. The Morgan fingerprint density at radius 1 is 1.25 bits per heavy atom. The van der Waals surface area contributed by atoms with Crippen molar-refractivity contribution in [1.82, 2.24) is 9.80 Å². The highest BCUT2D eigenvalue weighted by Gasteiger charge is 2.21. The zero-order chi connectivity index (χ0) is 14.7. The third kappa shape index (κ3) is 3.80. The van der Waals surface area contributed by atoms with Gasteiger partial charge in [0.2, 0.25) is 0 Å². The molecular weight excluding hydrogens is 251 g/mol. The zero-order valence-electron chi connectivity index (χ0n) is 13.2. The molecule has 0 bridgehead atoms. The lowest BCUT2D eigenvalue weighted by Crippen LogP contribution is -2.41. The highest BCUT2D eigenvalue weighted by Crippen LogP contribution is 2.21. The van der Waals surface area contributed by atoms with Gasteiger partial charge in [0.1, 0.15) is 5.82 Å². The van der Waals surface area contributed by atoms with E-state index in [4.69, 9.17) is 0 Å². The van der Waals surface area contributed by atoms with Gasteiger partial charge in [-0.25, -0.2) is 4.39 Å². The van der Waals surface area contributed by atoms with E-state index < -0.39 is 0 Å². The molecule has 0 N–H and O–H groups in total. The molecule has 1 aliphatic rings. The molecule has 2 nitrogen and oxygen atoms in total. The molecule has 0 amide bonds. The molecule has 1 saturated heterocycles. The number of rotatable bonds is 4. The monoisotopic (exact) mass is 278 g/mol. The minimum atomic E-state index is -0.0501. The molecule has 0 atom stereocenters. The van der Waals surface area contributed by atoms with E-state index in [1.165, 1.54) is 12.8 Å². The van der Waals surface area contributed by atoms with Crippen molar-refractivity contribution >= 4 is 0 Å². The van der Waals surface area contributed by atoms with Gasteiger partial charge < -0.3 is 4.90 Å². The van der Waals surface area contributed by atoms with Gasteiger partial charge in [0.05, 0.1) is 0 Å². The van der Waals surface area contributed by atoms with E-state index in [0.717, 1.165) is 30.8 Å². The van der Waals surface area contributed by atoms with Crippen molar-refractivity contribution in [1.29, 1.82) is 0 Å². The number of piperidine rings is 1. The van der Waals surface area contributed by atoms with Crippen molar-refractivity contribution in [2.45, 2.75) is 45.2 Å². The van der Waals surface area contributed by atoms with Crippen molar-refractivity contribution in [3.05, 3.63) is 35.1 Å². The SMILES string of the molecule is CC(C)c1ccc(CN2CCC(N(C)C)CC2)c(F)c1. The predicted molar refractivity (Wildman–Crippen MR) is 82.5 cm³/mol. The lowest BCUT2D eigenvalue weighted by atomic mass is 10.00. The molecule has 0 aromatic heterocycles. The van der Waals surface area contributed by atoms with Crippen LogP contribution in [-0.4, -0.2) is 43.0 Å². The quantitative estimate of drug-likeness (QED) is 0.832. The molecule has 0 spiro atoms. The summed E-state index contributed by atoms with van der Waals surface area (Å²) in [5.74, 6) is 0.334. The first kappa shape index (κ1) is 15.5. The highest BCUT2D eigenvalue weighted by atomic mass is 19.1. The molecule has 0 radical (unpaired) electrons. The van der Waals surface area contributed by atoms with Crippen LogP contribution >= 0.6 is 0 Å². The summed E-state index contributed by atoms with van der Waals surface area (Å²) in [5, 5.41) is 0. The molecule has 3 heteroatoms. The molecule has 20 heavy (non-hydrogen) atoms. The number of nitrogens with zero attached hydrogens (tertiary/aromatic N) is 2. The number of benzene rings is 1. The predicted octanol–water partition coefficient (Wildman–Crippen LogP) is 3.48. The van der Waals surface area contributed by atoms with Crippen LogP contribution < -0.4 is 0 Å². The van der Waals surface area contributed by atoms with Crippen LogP contribution in [-0.2, 0) is 6.54 Å².